The molecule has 1 aliphatic carbocycles. The fourth-order valence-corrected chi connectivity index (χ4v) is 2.73. The highest BCUT2D eigenvalue weighted by molar-refractivity contribution is 5.94. The summed E-state index contributed by atoms with van der Waals surface area (Å²) in [5.74, 6) is -1.16. The zero-order valence-electron chi connectivity index (χ0n) is 13.2. The van der Waals surface area contributed by atoms with Crippen LogP contribution >= 0.6 is 0 Å². The van der Waals surface area contributed by atoms with Crippen LogP contribution in [0.2, 0.25) is 0 Å². The molecule has 6 nitrogen and oxygen atoms in total. The van der Waals surface area contributed by atoms with Crippen LogP contribution in [-0.2, 0) is 4.79 Å². The van der Waals surface area contributed by atoms with Crippen molar-refractivity contribution in [1.82, 2.24) is 10.2 Å². The van der Waals surface area contributed by atoms with Crippen molar-refractivity contribution in [2.75, 3.05) is 13.1 Å². The Labute approximate surface area is 138 Å². The standard InChI is InChI=1S/C16H20F2N2O4/c1-2-20(9-14(21)22)12-7-11(8-12)19-15(23)10-3-5-13(6-4-10)24-16(17)18/h3-6,11-12,16H,2,7-9H2,1H3,(H,19,23)(H,21,22). The van der Waals surface area contributed by atoms with E-state index in [2.05, 4.69) is 10.1 Å². The normalized spacial score (nSPS) is 19.9. The maximum absolute atomic E-state index is 12.1. The molecule has 0 spiro atoms. The second-order valence-corrected chi connectivity index (χ2v) is 5.66. The van der Waals surface area contributed by atoms with E-state index in [9.17, 15) is 18.4 Å². The minimum Gasteiger partial charge on any atom is -0.480 e. The van der Waals surface area contributed by atoms with E-state index in [0.717, 1.165) is 0 Å². The number of rotatable bonds is 8. The monoisotopic (exact) mass is 342 g/mol. The number of nitrogens with one attached hydrogen (secondary N) is 1. The number of ether oxygens (including phenoxy) is 1. The van der Waals surface area contributed by atoms with Gasteiger partial charge in [0.15, 0.2) is 0 Å². The number of hydrogen-bond acceptors (Lipinski definition) is 4. The molecule has 0 radical (unpaired) electrons. The largest absolute Gasteiger partial charge is 0.480 e. The lowest BCUT2D eigenvalue weighted by atomic mass is 9.85. The van der Waals surface area contributed by atoms with Crippen molar-refractivity contribution in [3.8, 4) is 5.75 Å². The van der Waals surface area contributed by atoms with Gasteiger partial charge >= 0.3 is 12.6 Å². The summed E-state index contributed by atoms with van der Waals surface area (Å²) in [7, 11) is 0. The molecule has 8 heteroatoms. The van der Waals surface area contributed by atoms with E-state index >= 15 is 0 Å². The number of amides is 1. The summed E-state index contributed by atoms with van der Waals surface area (Å²) in [5, 5.41) is 11.7. The van der Waals surface area contributed by atoms with Crippen LogP contribution in [0, 0.1) is 0 Å². The van der Waals surface area contributed by atoms with Crippen molar-refractivity contribution in [1.29, 1.82) is 0 Å². The Kier molecular flexibility index (Phi) is 6.08. The lowest BCUT2D eigenvalue weighted by Gasteiger charge is -2.42. The molecule has 1 fully saturated rings. The van der Waals surface area contributed by atoms with Crippen molar-refractivity contribution in [2.24, 2.45) is 0 Å². The highest BCUT2D eigenvalue weighted by Gasteiger charge is 2.34. The molecule has 132 valence electrons. The van der Waals surface area contributed by atoms with Gasteiger partial charge in [-0.05, 0) is 43.7 Å². The Morgan fingerprint density at radius 3 is 2.46 bits per heavy atom. The Morgan fingerprint density at radius 2 is 1.96 bits per heavy atom. The van der Waals surface area contributed by atoms with Crippen molar-refractivity contribution >= 4 is 11.9 Å². The molecule has 0 atom stereocenters. The quantitative estimate of drug-likeness (QED) is 0.755. The molecule has 1 saturated carbocycles. The van der Waals surface area contributed by atoms with E-state index in [1.807, 2.05) is 11.8 Å². The smallest absolute Gasteiger partial charge is 0.387 e. The summed E-state index contributed by atoms with van der Waals surface area (Å²) < 4.78 is 28.4. The Bertz CT molecular complexity index is 574. The van der Waals surface area contributed by atoms with E-state index < -0.39 is 12.6 Å². The van der Waals surface area contributed by atoms with Crippen molar-refractivity contribution in [3.63, 3.8) is 0 Å². The van der Waals surface area contributed by atoms with Crippen molar-refractivity contribution in [2.45, 2.75) is 38.5 Å². The van der Waals surface area contributed by atoms with Gasteiger partial charge in [-0.2, -0.15) is 8.78 Å². The number of carbonyl (C=O) groups is 2. The molecule has 1 amide bonds. The SMILES string of the molecule is CCN(CC(=O)O)C1CC(NC(=O)c2ccc(OC(F)F)cc2)C1. The number of carboxylic acids is 1. The summed E-state index contributed by atoms with van der Waals surface area (Å²) in [6.07, 6.45) is 1.39. The van der Waals surface area contributed by atoms with Gasteiger partial charge in [-0.1, -0.05) is 6.92 Å². The molecule has 24 heavy (non-hydrogen) atoms. The van der Waals surface area contributed by atoms with Crippen LogP contribution in [0.3, 0.4) is 0 Å². The first-order chi connectivity index (χ1) is 11.4. The molecular formula is C16H20F2N2O4. The number of aliphatic carboxylic acids is 1. The Morgan fingerprint density at radius 1 is 1.33 bits per heavy atom. The van der Waals surface area contributed by atoms with E-state index in [0.29, 0.717) is 24.9 Å². The van der Waals surface area contributed by atoms with Gasteiger partial charge in [0.2, 0.25) is 0 Å². The number of likely N-dealkylation sites (N-methyl/N-ethyl adjacent to an activating group) is 1. The molecule has 2 rings (SSSR count). The molecule has 0 saturated heterocycles. The van der Waals surface area contributed by atoms with E-state index in [1.165, 1.54) is 24.3 Å². The topological polar surface area (TPSA) is 78.9 Å². The van der Waals surface area contributed by atoms with Gasteiger partial charge in [0.05, 0.1) is 6.54 Å². The third kappa shape index (κ3) is 4.89. The van der Waals surface area contributed by atoms with Crippen molar-refractivity contribution < 1.29 is 28.2 Å². The van der Waals surface area contributed by atoms with E-state index in [4.69, 9.17) is 5.11 Å². The molecule has 0 bridgehead atoms. The second-order valence-electron chi connectivity index (χ2n) is 5.66. The lowest BCUT2D eigenvalue weighted by Crippen LogP contribution is -2.54. The lowest BCUT2D eigenvalue weighted by molar-refractivity contribution is -0.139. The molecule has 0 aliphatic heterocycles. The average molecular weight is 342 g/mol. The number of benzene rings is 1. The highest BCUT2D eigenvalue weighted by atomic mass is 19.3. The number of nitrogens with zero attached hydrogens (tertiary/aromatic N) is 1. The number of hydrogen-bond donors (Lipinski definition) is 2. The van der Waals surface area contributed by atoms with Gasteiger partial charge in [-0.25, -0.2) is 0 Å². The average Bonchev–Trinajstić information content (AvgIpc) is 2.48. The molecule has 0 heterocycles. The zero-order valence-corrected chi connectivity index (χ0v) is 13.2. The van der Waals surface area contributed by atoms with Crippen LogP contribution in [0.1, 0.15) is 30.1 Å². The first-order valence-corrected chi connectivity index (χ1v) is 7.70. The zero-order chi connectivity index (χ0) is 17.7. The summed E-state index contributed by atoms with van der Waals surface area (Å²) >= 11 is 0. The molecule has 1 aliphatic rings. The molecule has 2 N–H and O–H groups in total. The molecular weight excluding hydrogens is 322 g/mol. The van der Waals surface area contributed by atoms with Crippen LogP contribution in [0.25, 0.3) is 0 Å². The van der Waals surface area contributed by atoms with Crippen molar-refractivity contribution in [3.05, 3.63) is 29.8 Å². The fourth-order valence-electron chi connectivity index (χ4n) is 2.73. The summed E-state index contributed by atoms with van der Waals surface area (Å²) in [6.45, 7) is -0.363. The van der Waals surface area contributed by atoms with Gasteiger partial charge in [0.25, 0.3) is 5.91 Å². The first-order valence-electron chi connectivity index (χ1n) is 7.70. The number of carbonyl (C=O) groups excluding carboxylic acids is 1. The molecule has 1 aromatic rings. The maximum Gasteiger partial charge on any atom is 0.387 e. The fraction of sp³-hybridized carbons (Fsp3) is 0.500. The van der Waals surface area contributed by atoms with Crippen LogP contribution in [0.5, 0.6) is 5.75 Å². The Hall–Kier alpha value is -2.22. The number of carboxylic acid groups (broad SMARTS) is 1. The predicted octanol–water partition coefficient (Wildman–Crippen LogP) is 1.96. The molecule has 1 aromatic carbocycles. The third-order valence-corrected chi connectivity index (χ3v) is 4.05. The highest BCUT2D eigenvalue weighted by Crippen LogP contribution is 2.26. The summed E-state index contributed by atoms with van der Waals surface area (Å²) in [6, 6.07) is 5.62. The Balaban J connectivity index is 1.81. The summed E-state index contributed by atoms with van der Waals surface area (Å²) in [5.41, 5.74) is 0.359. The second kappa shape index (κ2) is 8.05. The van der Waals surface area contributed by atoms with E-state index in [-0.39, 0.29) is 30.3 Å². The maximum atomic E-state index is 12.1. The van der Waals surface area contributed by atoms with Crippen LogP contribution in [0.15, 0.2) is 24.3 Å². The van der Waals surface area contributed by atoms with Gasteiger partial charge in [-0.15, -0.1) is 0 Å². The summed E-state index contributed by atoms with van der Waals surface area (Å²) in [4.78, 5) is 24.7. The van der Waals surface area contributed by atoms with Crippen LogP contribution in [0.4, 0.5) is 8.78 Å². The number of halogens is 2. The minimum atomic E-state index is -2.90. The van der Waals surface area contributed by atoms with Gasteiger partial charge < -0.3 is 15.2 Å². The van der Waals surface area contributed by atoms with Crippen LogP contribution in [-0.4, -0.2) is 53.7 Å². The van der Waals surface area contributed by atoms with Gasteiger partial charge in [0.1, 0.15) is 5.75 Å². The molecule has 0 unspecified atom stereocenters. The third-order valence-electron chi connectivity index (χ3n) is 4.05. The minimum absolute atomic E-state index is 0.00230. The predicted molar refractivity (Wildman–Crippen MR) is 82.2 cm³/mol. The van der Waals surface area contributed by atoms with Gasteiger partial charge in [-0.3, -0.25) is 14.5 Å². The van der Waals surface area contributed by atoms with Crippen LogP contribution < -0.4 is 10.1 Å². The van der Waals surface area contributed by atoms with E-state index in [1.54, 1.807) is 0 Å². The van der Waals surface area contributed by atoms with Gasteiger partial charge in [0, 0.05) is 17.6 Å². The number of alkyl halides is 2. The molecule has 0 aromatic heterocycles. The first kappa shape index (κ1) is 18.1.